The Bertz CT molecular complexity index is 442. The van der Waals surface area contributed by atoms with Crippen LogP contribution < -0.4 is 10.6 Å². The Hall–Kier alpha value is -1.55. The summed E-state index contributed by atoms with van der Waals surface area (Å²) in [6.07, 6.45) is 3.96. The fourth-order valence-corrected chi connectivity index (χ4v) is 2.29. The zero-order valence-electron chi connectivity index (χ0n) is 11.4. The summed E-state index contributed by atoms with van der Waals surface area (Å²) < 4.78 is 0. The molecule has 0 aromatic heterocycles. The number of carbonyl (C=O) groups excluding carboxylic acids is 1. The molecular weight excluding hydrogens is 240 g/mol. The highest BCUT2D eigenvalue weighted by atomic mass is 16.3. The van der Waals surface area contributed by atoms with E-state index >= 15 is 0 Å². The highest BCUT2D eigenvalue weighted by Gasteiger charge is 2.17. The number of nitrogens with one attached hydrogen (secondary N) is 2. The first-order valence-electron chi connectivity index (χ1n) is 6.95. The predicted molar refractivity (Wildman–Crippen MR) is 76.4 cm³/mol. The monoisotopic (exact) mass is 262 g/mol. The number of carbonyl (C=O) groups is 1. The summed E-state index contributed by atoms with van der Waals surface area (Å²) >= 11 is 0. The topological polar surface area (TPSA) is 61.4 Å². The maximum absolute atomic E-state index is 11.9. The number of aliphatic hydroxyl groups is 1. The van der Waals surface area contributed by atoms with E-state index in [2.05, 4.69) is 10.6 Å². The largest absolute Gasteiger partial charge is 0.395 e. The van der Waals surface area contributed by atoms with Crippen molar-refractivity contribution in [3.05, 3.63) is 29.3 Å². The number of benzene rings is 1. The van der Waals surface area contributed by atoms with Crippen molar-refractivity contribution < 1.29 is 9.90 Å². The molecule has 4 heteroatoms. The zero-order valence-corrected chi connectivity index (χ0v) is 11.4. The Balaban J connectivity index is 2.01. The number of anilines is 1. The lowest BCUT2D eigenvalue weighted by atomic mass is 9.85. The maximum Gasteiger partial charge on any atom is 0.251 e. The van der Waals surface area contributed by atoms with E-state index in [0.717, 1.165) is 23.7 Å². The SMILES string of the molecule is Cc1c(NCC2CCC2)cccc1C(=O)NCCO. The first kappa shape index (κ1) is 13.9. The number of hydrogen-bond donors (Lipinski definition) is 3. The Morgan fingerprint density at radius 1 is 1.42 bits per heavy atom. The van der Waals surface area contributed by atoms with Gasteiger partial charge in [-0.25, -0.2) is 0 Å². The summed E-state index contributed by atoms with van der Waals surface area (Å²) in [5, 5.41) is 14.9. The van der Waals surface area contributed by atoms with Crippen molar-refractivity contribution in [2.45, 2.75) is 26.2 Å². The summed E-state index contributed by atoms with van der Waals surface area (Å²) in [6, 6.07) is 5.72. The van der Waals surface area contributed by atoms with E-state index in [1.807, 2.05) is 25.1 Å². The average molecular weight is 262 g/mol. The van der Waals surface area contributed by atoms with Crippen LogP contribution in [0, 0.1) is 12.8 Å². The highest BCUT2D eigenvalue weighted by Crippen LogP contribution is 2.27. The highest BCUT2D eigenvalue weighted by molar-refractivity contribution is 5.97. The van der Waals surface area contributed by atoms with Crippen LogP contribution in [0.5, 0.6) is 0 Å². The molecule has 1 aliphatic carbocycles. The van der Waals surface area contributed by atoms with Crippen LogP contribution >= 0.6 is 0 Å². The van der Waals surface area contributed by atoms with Crippen LogP contribution in [0.15, 0.2) is 18.2 Å². The lowest BCUT2D eigenvalue weighted by Crippen LogP contribution is -2.27. The van der Waals surface area contributed by atoms with Gasteiger partial charge in [0.2, 0.25) is 0 Å². The van der Waals surface area contributed by atoms with Gasteiger partial charge in [-0.2, -0.15) is 0 Å². The summed E-state index contributed by atoms with van der Waals surface area (Å²) in [5.74, 6) is 0.658. The summed E-state index contributed by atoms with van der Waals surface area (Å²) in [5.41, 5.74) is 2.67. The van der Waals surface area contributed by atoms with Gasteiger partial charge in [-0.15, -0.1) is 0 Å². The van der Waals surface area contributed by atoms with Gasteiger partial charge in [-0.05, 0) is 43.4 Å². The van der Waals surface area contributed by atoms with Gasteiger partial charge in [0.1, 0.15) is 0 Å². The number of rotatable bonds is 6. The van der Waals surface area contributed by atoms with Crippen molar-refractivity contribution in [3.8, 4) is 0 Å². The second-order valence-corrected chi connectivity index (χ2v) is 5.14. The quantitative estimate of drug-likeness (QED) is 0.734. The van der Waals surface area contributed by atoms with Crippen molar-refractivity contribution in [1.82, 2.24) is 5.32 Å². The van der Waals surface area contributed by atoms with Crippen molar-refractivity contribution in [3.63, 3.8) is 0 Å². The van der Waals surface area contributed by atoms with Gasteiger partial charge in [0.05, 0.1) is 6.61 Å². The van der Waals surface area contributed by atoms with Crippen LogP contribution in [0.1, 0.15) is 35.2 Å². The Morgan fingerprint density at radius 3 is 2.84 bits per heavy atom. The lowest BCUT2D eigenvalue weighted by Gasteiger charge is -2.26. The van der Waals surface area contributed by atoms with Crippen molar-refractivity contribution in [2.75, 3.05) is 25.0 Å². The van der Waals surface area contributed by atoms with Crippen LogP contribution in [-0.2, 0) is 0 Å². The van der Waals surface area contributed by atoms with Crippen LogP contribution in [0.4, 0.5) is 5.69 Å². The molecule has 1 amide bonds. The standard InChI is InChI=1S/C15H22N2O2/c1-11-13(15(19)16-8-9-18)6-3-7-14(11)17-10-12-4-2-5-12/h3,6-7,12,17-18H,2,4-5,8-10H2,1H3,(H,16,19). The predicted octanol–water partition coefficient (Wildman–Crippen LogP) is 1.93. The van der Waals surface area contributed by atoms with Crippen LogP contribution in [0.3, 0.4) is 0 Å². The van der Waals surface area contributed by atoms with Gasteiger partial charge in [0, 0.05) is 24.3 Å². The lowest BCUT2D eigenvalue weighted by molar-refractivity contribution is 0.0944. The van der Waals surface area contributed by atoms with Crippen molar-refractivity contribution in [1.29, 1.82) is 0 Å². The molecule has 104 valence electrons. The third-order valence-electron chi connectivity index (χ3n) is 3.78. The number of hydrogen-bond acceptors (Lipinski definition) is 3. The molecule has 1 aromatic rings. The van der Waals surface area contributed by atoms with Gasteiger partial charge in [0.25, 0.3) is 5.91 Å². The minimum Gasteiger partial charge on any atom is -0.395 e. The Labute approximate surface area is 114 Å². The summed E-state index contributed by atoms with van der Waals surface area (Å²) in [7, 11) is 0. The van der Waals surface area contributed by atoms with Gasteiger partial charge in [-0.3, -0.25) is 4.79 Å². The van der Waals surface area contributed by atoms with E-state index < -0.39 is 0 Å². The van der Waals surface area contributed by atoms with E-state index in [1.54, 1.807) is 0 Å². The fraction of sp³-hybridized carbons (Fsp3) is 0.533. The minimum absolute atomic E-state index is 0.0373. The van der Waals surface area contributed by atoms with E-state index in [1.165, 1.54) is 19.3 Å². The molecule has 0 aliphatic heterocycles. The van der Waals surface area contributed by atoms with Gasteiger partial charge in [-0.1, -0.05) is 12.5 Å². The molecule has 1 fully saturated rings. The second-order valence-electron chi connectivity index (χ2n) is 5.14. The second kappa shape index (κ2) is 6.57. The molecule has 4 nitrogen and oxygen atoms in total. The van der Waals surface area contributed by atoms with Crippen molar-refractivity contribution in [2.24, 2.45) is 5.92 Å². The molecule has 0 radical (unpaired) electrons. The van der Waals surface area contributed by atoms with E-state index in [0.29, 0.717) is 5.56 Å². The van der Waals surface area contributed by atoms with Crippen LogP contribution in [0.25, 0.3) is 0 Å². The maximum atomic E-state index is 11.9. The van der Waals surface area contributed by atoms with Gasteiger partial charge < -0.3 is 15.7 Å². The molecule has 1 saturated carbocycles. The molecule has 0 bridgehead atoms. The smallest absolute Gasteiger partial charge is 0.251 e. The molecule has 3 N–H and O–H groups in total. The first-order valence-corrected chi connectivity index (χ1v) is 6.95. The number of aliphatic hydroxyl groups excluding tert-OH is 1. The molecule has 0 spiro atoms. The molecule has 0 atom stereocenters. The van der Waals surface area contributed by atoms with E-state index in [4.69, 9.17) is 5.11 Å². The molecule has 0 saturated heterocycles. The van der Waals surface area contributed by atoms with E-state index in [-0.39, 0.29) is 19.1 Å². The molecular formula is C15H22N2O2. The minimum atomic E-state index is -0.126. The Morgan fingerprint density at radius 2 is 2.21 bits per heavy atom. The third-order valence-corrected chi connectivity index (χ3v) is 3.78. The zero-order chi connectivity index (χ0) is 13.7. The van der Waals surface area contributed by atoms with Crippen LogP contribution in [0.2, 0.25) is 0 Å². The van der Waals surface area contributed by atoms with E-state index in [9.17, 15) is 4.79 Å². The Kier molecular flexibility index (Phi) is 4.80. The average Bonchev–Trinajstić information content (AvgIpc) is 2.36. The molecule has 0 heterocycles. The van der Waals surface area contributed by atoms with Gasteiger partial charge >= 0.3 is 0 Å². The molecule has 1 aliphatic rings. The van der Waals surface area contributed by atoms with Gasteiger partial charge in [0.15, 0.2) is 0 Å². The number of amides is 1. The van der Waals surface area contributed by atoms with Crippen LogP contribution in [-0.4, -0.2) is 30.7 Å². The summed E-state index contributed by atoms with van der Waals surface area (Å²) in [6.45, 7) is 3.20. The molecule has 0 unspecified atom stereocenters. The molecule has 2 rings (SSSR count). The summed E-state index contributed by atoms with van der Waals surface area (Å²) in [4.78, 5) is 11.9. The third kappa shape index (κ3) is 3.47. The normalized spacial score (nSPS) is 14.8. The fourth-order valence-electron chi connectivity index (χ4n) is 2.29. The first-order chi connectivity index (χ1) is 9.22. The molecule has 19 heavy (non-hydrogen) atoms. The molecule has 1 aromatic carbocycles. The van der Waals surface area contributed by atoms with Crippen molar-refractivity contribution >= 4 is 11.6 Å².